The maximum absolute atomic E-state index is 13.7. The van der Waals surface area contributed by atoms with Crippen molar-refractivity contribution in [3.05, 3.63) is 34.1 Å². The molecule has 1 aliphatic carbocycles. The number of hydrogen-bond donors (Lipinski definition) is 1. The normalized spacial score (nSPS) is 22.9. The second-order valence-electron chi connectivity index (χ2n) is 5.73. The van der Waals surface area contributed by atoms with Gasteiger partial charge in [-0.2, -0.15) is 0 Å². The molecule has 1 aromatic rings. The monoisotopic (exact) mass is 341 g/mol. The first kappa shape index (κ1) is 14.4. The smallest absolute Gasteiger partial charge is 0.137 e. The first-order valence-corrected chi connectivity index (χ1v) is 8.11. The quantitative estimate of drug-likeness (QED) is 0.912. The maximum atomic E-state index is 13.7. The molecule has 2 aliphatic rings. The zero-order valence-electron chi connectivity index (χ0n) is 11.6. The van der Waals surface area contributed by atoms with E-state index in [9.17, 15) is 4.39 Å². The summed E-state index contributed by atoms with van der Waals surface area (Å²) in [5.74, 6) is -0.211. The second-order valence-corrected chi connectivity index (χ2v) is 6.58. The van der Waals surface area contributed by atoms with E-state index >= 15 is 0 Å². The summed E-state index contributed by atoms with van der Waals surface area (Å²) in [6, 6.07) is 6.30. The Morgan fingerprint density at radius 2 is 1.95 bits per heavy atom. The molecule has 0 bridgehead atoms. The van der Waals surface area contributed by atoms with Gasteiger partial charge in [0.2, 0.25) is 0 Å². The molecular weight excluding hydrogens is 321 g/mol. The number of piperazine rings is 1. The zero-order valence-corrected chi connectivity index (χ0v) is 13.2. The fourth-order valence-electron chi connectivity index (χ4n) is 3.07. The van der Waals surface area contributed by atoms with Gasteiger partial charge in [0.25, 0.3) is 0 Å². The van der Waals surface area contributed by atoms with E-state index in [4.69, 9.17) is 5.73 Å². The van der Waals surface area contributed by atoms with Crippen LogP contribution in [0.2, 0.25) is 0 Å². The third-order valence-corrected chi connectivity index (χ3v) is 5.05. The molecule has 3 nitrogen and oxygen atoms in total. The summed E-state index contributed by atoms with van der Waals surface area (Å²) < 4.78 is 14.2. The maximum Gasteiger partial charge on any atom is 0.137 e. The molecule has 5 heteroatoms. The largest absolute Gasteiger partial charge is 0.329 e. The summed E-state index contributed by atoms with van der Waals surface area (Å²) in [6.07, 6.45) is 2.72. The van der Waals surface area contributed by atoms with Gasteiger partial charge in [-0.15, -0.1) is 0 Å². The van der Waals surface area contributed by atoms with Gasteiger partial charge in [0, 0.05) is 44.8 Å². The summed E-state index contributed by atoms with van der Waals surface area (Å²) in [5, 5.41) is 0. The lowest BCUT2D eigenvalue weighted by Crippen LogP contribution is -2.49. The lowest BCUT2D eigenvalue weighted by Gasteiger charge is -2.39. The molecule has 1 heterocycles. The Kier molecular flexibility index (Phi) is 4.40. The van der Waals surface area contributed by atoms with Crippen LogP contribution in [0.1, 0.15) is 24.4 Å². The van der Waals surface area contributed by atoms with Gasteiger partial charge in [-0.05, 0) is 46.5 Å². The van der Waals surface area contributed by atoms with Crippen molar-refractivity contribution in [3.63, 3.8) is 0 Å². The summed E-state index contributed by atoms with van der Waals surface area (Å²) in [5.41, 5.74) is 6.92. The Hall–Kier alpha value is -0.490. The van der Waals surface area contributed by atoms with E-state index in [-0.39, 0.29) is 11.9 Å². The standard InChI is InChI=1S/C15H21BrFN3/c16-13-4-1-11(9-14(13)17)15(10-18)20-7-5-19(6-8-20)12-2-3-12/h1,4,9,12,15H,2-3,5-8,10,18H2. The minimum Gasteiger partial charge on any atom is -0.329 e. The van der Waals surface area contributed by atoms with Crippen molar-refractivity contribution in [2.75, 3.05) is 32.7 Å². The highest BCUT2D eigenvalue weighted by Crippen LogP contribution is 2.30. The van der Waals surface area contributed by atoms with E-state index < -0.39 is 0 Å². The van der Waals surface area contributed by atoms with Crippen molar-refractivity contribution >= 4 is 15.9 Å². The van der Waals surface area contributed by atoms with Crippen molar-refractivity contribution in [1.82, 2.24) is 9.80 Å². The number of benzene rings is 1. The molecule has 1 aromatic carbocycles. The zero-order chi connectivity index (χ0) is 14.1. The van der Waals surface area contributed by atoms with Crippen LogP contribution in [0.25, 0.3) is 0 Å². The predicted octanol–water partition coefficient (Wildman–Crippen LogP) is 2.37. The van der Waals surface area contributed by atoms with Crippen LogP contribution in [0.3, 0.4) is 0 Å². The summed E-state index contributed by atoms with van der Waals surface area (Å²) in [7, 11) is 0. The molecule has 0 amide bonds. The molecular formula is C15H21BrFN3. The van der Waals surface area contributed by atoms with Crippen LogP contribution in [-0.2, 0) is 0 Å². The fraction of sp³-hybridized carbons (Fsp3) is 0.600. The summed E-state index contributed by atoms with van der Waals surface area (Å²) in [4.78, 5) is 4.97. The number of rotatable bonds is 4. The highest BCUT2D eigenvalue weighted by molar-refractivity contribution is 9.10. The Balaban J connectivity index is 1.68. The van der Waals surface area contributed by atoms with Gasteiger partial charge in [-0.1, -0.05) is 6.07 Å². The SMILES string of the molecule is NCC(c1ccc(Br)c(F)c1)N1CCN(C2CC2)CC1. The van der Waals surface area contributed by atoms with Gasteiger partial charge < -0.3 is 5.73 Å². The highest BCUT2D eigenvalue weighted by Gasteiger charge is 2.32. The van der Waals surface area contributed by atoms with Crippen molar-refractivity contribution in [2.24, 2.45) is 5.73 Å². The van der Waals surface area contributed by atoms with E-state index in [0.717, 1.165) is 37.8 Å². The minimum absolute atomic E-state index is 0.124. The molecule has 3 rings (SSSR count). The van der Waals surface area contributed by atoms with Gasteiger partial charge in [-0.25, -0.2) is 4.39 Å². The van der Waals surface area contributed by atoms with Crippen LogP contribution in [0.4, 0.5) is 4.39 Å². The number of hydrogen-bond acceptors (Lipinski definition) is 3. The van der Waals surface area contributed by atoms with E-state index in [0.29, 0.717) is 11.0 Å². The number of nitrogens with two attached hydrogens (primary N) is 1. The third-order valence-electron chi connectivity index (χ3n) is 4.40. The van der Waals surface area contributed by atoms with Gasteiger partial charge in [0.1, 0.15) is 5.82 Å². The second kappa shape index (κ2) is 6.10. The molecule has 0 spiro atoms. The van der Waals surface area contributed by atoms with Gasteiger partial charge in [0.15, 0.2) is 0 Å². The predicted molar refractivity (Wildman–Crippen MR) is 82.1 cm³/mol. The minimum atomic E-state index is -0.211. The van der Waals surface area contributed by atoms with Crippen LogP contribution in [0.5, 0.6) is 0 Å². The molecule has 0 aromatic heterocycles. The Morgan fingerprint density at radius 3 is 2.50 bits per heavy atom. The van der Waals surface area contributed by atoms with Crippen LogP contribution in [-0.4, -0.2) is 48.6 Å². The fourth-order valence-corrected chi connectivity index (χ4v) is 3.32. The average Bonchev–Trinajstić information content (AvgIpc) is 3.29. The molecule has 20 heavy (non-hydrogen) atoms. The number of halogens is 2. The van der Waals surface area contributed by atoms with Crippen LogP contribution in [0, 0.1) is 5.82 Å². The van der Waals surface area contributed by atoms with Gasteiger partial charge >= 0.3 is 0 Å². The highest BCUT2D eigenvalue weighted by atomic mass is 79.9. The Bertz CT molecular complexity index is 470. The first-order chi connectivity index (χ1) is 9.69. The van der Waals surface area contributed by atoms with Gasteiger partial charge in [-0.3, -0.25) is 9.80 Å². The molecule has 1 atom stereocenters. The topological polar surface area (TPSA) is 32.5 Å². The van der Waals surface area contributed by atoms with Crippen LogP contribution in [0.15, 0.2) is 22.7 Å². The number of nitrogens with zero attached hydrogens (tertiary/aromatic N) is 2. The third kappa shape index (κ3) is 3.06. The van der Waals surface area contributed by atoms with Crippen molar-refractivity contribution in [1.29, 1.82) is 0 Å². The lowest BCUT2D eigenvalue weighted by atomic mass is 10.0. The van der Waals surface area contributed by atoms with Gasteiger partial charge in [0.05, 0.1) is 4.47 Å². The lowest BCUT2D eigenvalue weighted by molar-refractivity contribution is 0.0937. The molecule has 1 aliphatic heterocycles. The molecule has 1 saturated carbocycles. The van der Waals surface area contributed by atoms with E-state index in [1.54, 1.807) is 12.1 Å². The molecule has 110 valence electrons. The van der Waals surface area contributed by atoms with Crippen LogP contribution >= 0.6 is 15.9 Å². The van der Waals surface area contributed by atoms with Crippen molar-refractivity contribution in [3.8, 4) is 0 Å². The van der Waals surface area contributed by atoms with Crippen molar-refractivity contribution < 1.29 is 4.39 Å². The Morgan fingerprint density at radius 1 is 1.25 bits per heavy atom. The summed E-state index contributed by atoms with van der Waals surface area (Å²) in [6.45, 7) is 4.80. The average molecular weight is 342 g/mol. The molecule has 0 radical (unpaired) electrons. The Labute approximate surface area is 128 Å². The first-order valence-electron chi connectivity index (χ1n) is 7.32. The molecule has 1 unspecified atom stereocenters. The van der Waals surface area contributed by atoms with Crippen LogP contribution < -0.4 is 5.73 Å². The summed E-state index contributed by atoms with van der Waals surface area (Å²) >= 11 is 3.20. The van der Waals surface area contributed by atoms with E-state index in [2.05, 4.69) is 25.7 Å². The molecule has 2 fully saturated rings. The molecule has 1 saturated heterocycles. The van der Waals surface area contributed by atoms with Crippen molar-refractivity contribution in [2.45, 2.75) is 24.9 Å². The van der Waals surface area contributed by atoms with E-state index in [1.165, 1.54) is 12.8 Å². The van der Waals surface area contributed by atoms with E-state index in [1.807, 2.05) is 6.07 Å². The molecule has 2 N–H and O–H groups in total.